The highest BCUT2D eigenvalue weighted by molar-refractivity contribution is 5.71. The van der Waals surface area contributed by atoms with Crippen LogP contribution >= 0.6 is 0 Å². The summed E-state index contributed by atoms with van der Waals surface area (Å²) in [5.41, 5.74) is 6.61. The van der Waals surface area contributed by atoms with Crippen molar-refractivity contribution < 1.29 is 0 Å². The minimum atomic E-state index is 0.713. The fourth-order valence-corrected chi connectivity index (χ4v) is 2.21. The zero-order valence-electron chi connectivity index (χ0n) is 13.9. The zero-order valence-corrected chi connectivity index (χ0v) is 13.9. The first-order chi connectivity index (χ1) is 11.1. The second kappa shape index (κ2) is 7.96. The van der Waals surface area contributed by atoms with Crippen LogP contribution in [0.2, 0.25) is 0 Å². The first-order valence-electron chi connectivity index (χ1n) is 7.68. The van der Waals surface area contributed by atoms with Crippen LogP contribution in [0.5, 0.6) is 0 Å². The third-order valence-electron chi connectivity index (χ3n) is 3.36. The first-order valence-corrected chi connectivity index (χ1v) is 7.68. The molecule has 0 saturated carbocycles. The van der Waals surface area contributed by atoms with E-state index < -0.39 is 0 Å². The van der Waals surface area contributed by atoms with Gasteiger partial charge < -0.3 is 0 Å². The van der Waals surface area contributed by atoms with Crippen molar-refractivity contribution in [3.8, 4) is 6.07 Å². The van der Waals surface area contributed by atoms with Gasteiger partial charge in [-0.25, -0.2) is 0 Å². The predicted octanol–water partition coefficient (Wildman–Crippen LogP) is 6.21. The van der Waals surface area contributed by atoms with E-state index in [-0.39, 0.29) is 0 Å². The number of nitrogens with zero attached hydrogens (tertiary/aromatic N) is 1. The lowest BCUT2D eigenvalue weighted by Crippen LogP contribution is -1.78. The largest absolute Gasteiger partial charge is 0.193 e. The minimum absolute atomic E-state index is 0.713. The Balaban J connectivity index is 2.08. The van der Waals surface area contributed by atoms with E-state index in [0.29, 0.717) is 5.57 Å². The van der Waals surface area contributed by atoms with E-state index in [0.717, 1.165) is 11.1 Å². The number of hydrogen-bond acceptors (Lipinski definition) is 1. The Hall–Kier alpha value is -2.85. The topological polar surface area (TPSA) is 23.8 Å². The van der Waals surface area contributed by atoms with Crippen molar-refractivity contribution in [2.75, 3.05) is 0 Å². The van der Waals surface area contributed by atoms with Gasteiger partial charge >= 0.3 is 0 Å². The van der Waals surface area contributed by atoms with Crippen LogP contribution in [0.1, 0.15) is 43.0 Å². The van der Waals surface area contributed by atoms with Crippen molar-refractivity contribution in [3.63, 3.8) is 0 Å². The molecule has 1 heteroatoms. The molecule has 0 fully saturated rings. The third-order valence-corrected chi connectivity index (χ3v) is 3.36. The van der Waals surface area contributed by atoms with E-state index in [9.17, 15) is 0 Å². The van der Waals surface area contributed by atoms with Crippen molar-refractivity contribution in [3.05, 3.63) is 81.9 Å². The molecule has 0 N–H and O–H groups in total. The van der Waals surface area contributed by atoms with Gasteiger partial charge in [-0.05, 0) is 49.1 Å². The van der Waals surface area contributed by atoms with Gasteiger partial charge in [-0.2, -0.15) is 5.26 Å². The maximum absolute atomic E-state index is 8.80. The van der Waals surface area contributed by atoms with Crippen molar-refractivity contribution in [1.82, 2.24) is 0 Å². The molecule has 2 aromatic rings. The van der Waals surface area contributed by atoms with E-state index in [2.05, 4.69) is 74.5 Å². The fraction of sp³-hybridized carbons (Fsp3) is 0.136. The molecule has 0 aliphatic rings. The summed E-state index contributed by atoms with van der Waals surface area (Å²) in [5, 5.41) is 8.80. The molecule has 0 aliphatic heterocycles. The maximum atomic E-state index is 8.80. The molecule has 1 nitrogen and oxygen atoms in total. The van der Waals surface area contributed by atoms with Gasteiger partial charge in [0.15, 0.2) is 0 Å². The number of hydrogen-bond donors (Lipinski definition) is 0. The van der Waals surface area contributed by atoms with E-state index >= 15 is 0 Å². The van der Waals surface area contributed by atoms with Gasteiger partial charge in [-0.3, -0.25) is 0 Å². The van der Waals surface area contributed by atoms with Crippen molar-refractivity contribution in [2.45, 2.75) is 20.8 Å². The van der Waals surface area contributed by atoms with Crippen molar-refractivity contribution in [1.29, 1.82) is 5.26 Å². The second-order valence-electron chi connectivity index (χ2n) is 5.83. The summed E-state index contributed by atoms with van der Waals surface area (Å²) in [6, 6.07) is 18.8. The molecule has 0 radical (unpaired) electrons. The van der Waals surface area contributed by atoms with Crippen LogP contribution in [0.3, 0.4) is 0 Å². The molecule has 0 saturated heterocycles. The van der Waals surface area contributed by atoms with Gasteiger partial charge in [-0.15, -0.1) is 0 Å². The van der Waals surface area contributed by atoms with Crippen LogP contribution in [0, 0.1) is 11.3 Å². The van der Waals surface area contributed by atoms with Gasteiger partial charge in [0.25, 0.3) is 0 Å². The Kier molecular flexibility index (Phi) is 5.72. The highest BCUT2D eigenvalue weighted by Gasteiger charge is 1.92. The summed E-state index contributed by atoms with van der Waals surface area (Å²) < 4.78 is 0. The summed E-state index contributed by atoms with van der Waals surface area (Å²) in [5.74, 6) is 0. The highest BCUT2D eigenvalue weighted by Crippen LogP contribution is 2.14. The van der Waals surface area contributed by atoms with Gasteiger partial charge in [0, 0.05) is 5.57 Å². The van der Waals surface area contributed by atoms with Gasteiger partial charge in [0.2, 0.25) is 0 Å². The van der Waals surface area contributed by atoms with Gasteiger partial charge in [-0.1, -0.05) is 72.3 Å². The van der Waals surface area contributed by atoms with Crippen molar-refractivity contribution >= 4 is 24.3 Å². The second-order valence-corrected chi connectivity index (χ2v) is 5.83. The number of rotatable bonds is 4. The molecule has 114 valence electrons. The molecular formula is C22H21N. The van der Waals surface area contributed by atoms with E-state index in [4.69, 9.17) is 5.26 Å². The number of benzene rings is 2. The Labute approximate surface area is 138 Å². The lowest BCUT2D eigenvalue weighted by Gasteiger charge is -1.99. The van der Waals surface area contributed by atoms with E-state index in [1.54, 1.807) is 0 Å². The first kappa shape index (κ1) is 16.5. The minimum Gasteiger partial charge on any atom is -0.193 e. The van der Waals surface area contributed by atoms with Crippen LogP contribution in [0.4, 0.5) is 0 Å². The zero-order chi connectivity index (χ0) is 16.7. The molecule has 0 aromatic heterocycles. The molecule has 0 amide bonds. The Morgan fingerprint density at radius 3 is 1.48 bits per heavy atom. The van der Waals surface area contributed by atoms with Gasteiger partial charge in [0.1, 0.15) is 0 Å². The average molecular weight is 299 g/mol. The lowest BCUT2D eigenvalue weighted by atomic mass is 10.1. The quantitative estimate of drug-likeness (QED) is 0.486. The molecule has 23 heavy (non-hydrogen) atoms. The van der Waals surface area contributed by atoms with Gasteiger partial charge in [0.05, 0.1) is 6.07 Å². The summed E-state index contributed by atoms with van der Waals surface area (Å²) >= 11 is 0. The fourth-order valence-electron chi connectivity index (χ4n) is 2.21. The molecule has 0 heterocycles. The molecule has 0 bridgehead atoms. The number of allylic oxidation sites excluding steroid dienone is 2. The van der Waals surface area contributed by atoms with E-state index in [1.165, 1.54) is 16.7 Å². The molecule has 2 rings (SSSR count). The SMILES string of the molecule is CC(C)=Cc1ccc(/C=C/c2ccc(/C=C(/C)C#N)cc2)cc1. The maximum Gasteiger partial charge on any atom is 0.0944 e. The normalized spacial score (nSPS) is 11.3. The average Bonchev–Trinajstić information content (AvgIpc) is 2.55. The molecule has 0 aliphatic carbocycles. The molecule has 0 atom stereocenters. The monoisotopic (exact) mass is 299 g/mol. The van der Waals surface area contributed by atoms with Crippen LogP contribution in [0.25, 0.3) is 24.3 Å². The Morgan fingerprint density at radius 1 is 0.696 bits per heavy atom. The summed E-state index contributed by atoms with van der Waals surface area (Å²) in [6.07, 6.45) is 8.26. The van der Waals surface area contributed by atoms with Crippen LogP contribution < -0.4 is 0 Å². The van der Waals surface area contributed by atoms with E-state index in [1.807, 2.05) is 25.1 Å². The molecule has 0 spiro atoms. The molecular weight excluding hydrogens is 278 g/mol. The predicted molar refractivity (Wildman–Crippen MR) is 100 cm³/mol. The highest BCUT2D eigenvalue weighted by atomic mass is 14.2. The molecule has 0 unspecified atom stereocenters. The van der Waals surface area contributed by atoms with Crippen molar-refractivity contribution in [2.24, 2.45) is 0 Å². The van der Waals surface area contributed by atoms with Crippen LogP contribution in [-0.4, -0.2) is 0 Å². The standard InChI is InChI=1S/C22H21N/c1-17(2)14-21-10-6-19(7-11-21)4-5-20-8-12-22(13-9-20)15-18(3)16-23/h4-15H,1-3H3/b5-4+,18-15-. The number of nitriles is 1. The van der Waals surface area contributed by atoms with Crippen LogP contribution in [0.15, 0.2) is 59.7 Å². The summed E-state index contributed by atoms with van der Waals surface area (Å²) in [6.45, 7) is 6.02. The summed E-state index contributed by atoms with van der Waals surface area (Å²) in [4.78, 5) is 0. The molecule has 2 aromatic carbocycles. The Morgan fingerprint density at radius 2 is 1.09 bits per heavy atom. The Bertz CT molecular complexity index is 775. The summed E-state index contributed by atoms with van der Waals surface area (Å²) in [7, 11) is 0. The lowest BCUT2D eigenvalue weighted by molar-refractivity contribution is 1.42. The smallest absolute Gasteiger partial charge is 0.0944 e. The van der Waals surface area contributed by atoms with Crippen LogP contribution in [-0.2, 0) is 0 Å². The third kappa shape index (κ3) is 5.45.